The molecule has 25 heavy (non-hydrogen) atoms. The summed E-state index contributed by atoms with van der Waals surface area (Å²) in [6, 6.07) is 7.16. The van der Waals surface area contributed by atoms with Crippen LogP contribution in [-0.2, 0) is 9.53 Å². The minimum atomic E-state index is -1.60. The molecule has 0 saturated carbocycles. The van der Waals surface area contributed by atoms with Gasteiger partial charge in [-0.25, -0.2) is 0 Å². The zero-order chi connectivity index (χ0) is 18.7. The molecule has 1 aromatic rings. The molecule has 1 aromatic carbocycles. The van der Waals surface area contributed by atoms with Crippen LogP contribution in [0.2, 0.25) is 19.6 Å². The third-order valence-electron chi connectivity index (χ3n) is 2.82. The van der Waals surface area contributed by atoms with E-state index in [1.807, 2.05) is 6.07 Å². The lowest BCUT2D eigenvalue weighted by Crippen LogP contribution is -2.17. The van der Waals surface area contributed by atoms with Crippen molar-refractivity contribution < 1.29 is 14.3 Å². The van der Waals surface area contributed by atoms with Crippen LogP contribution in [-0.4, -0.2) is 26.4 Å². The lowest BCUT2D eigenvalue weighted by atomic mass is 10.0. The molecule has 3 nitrogen and oxygen atoms in total. The van der Waals surface area contributed by atoms with Crippen molar-refractivity contribution in [3.63, 3.8) is 0 Å². The summed E-state index contributed by atoms with van der Waals surface area (Å²) in [4.78, 5) is 22.9. The van der Waals surface area contributed by atoms with Crippen LogP contribution in [0.1, 0.15) is 35.7 Å². The second-order valence-electron chi connectivity index (χ2n) is 6.37. The Bertz CT molecular complexity index is 812. The van der Waals surface area contributed by atoms with E-state index in [0.29, 0.717) is 30.6 Å². The number of ether oxygens (including phenoxy) is 1. The number of esters is 1. The molecule has 0 aliphatic carbocycles. The van der Waals surface area contributed by atoms with E-state index in [4.69, 9.17) is 4.74 Å². The molecule has 0 N–H and O–H groups in total. The fourth-order valence-electron chi connectivity index (χ4n) is 1.68. The third kappa shape index (κ3) is 9.21. The summed E-state index contributed by atoms with van der Waals surface area (Å²) in [7, 11) is -1.60. The van der Waals surface area contributed by atoms with E-state index in [1.165, 1.54) is 6.92 Å². The summed E-state index contributed by atoms with van der Waals surface area (Å²) < 4.78 is 4.82. The molecule has 0 fully saturated rings. The lowest BCUT2D eigenvalue weighted by Gasteiger charge is -2.03. The van der Waals surface area contributed by atoms with Crippen molar-refractivity contribution in [3.8, 4) is 35.1 Å². The van der Waals surface area contributed by atoms with Gasteiger partial charge in [0.25, 0.3) is 0 Å². The molecular formula is C21H22O3Si. The van der Waals surface area contributed by atoms with Crippen molar-refractivity contribution in [3.05, 3.63) is 35.4 Å². The Kier molecular flexibility index (Phi) is 8.28. The first-order chi connectivity index (χ1) is 11.8. The van der Waals surface area contributed by atoms with E-state index >= 15 is 0 Å². The summed E-state index contributed by atoms with van der Waals surface area (Å²) >= 11 is 0. The largest absolute Gasteiger partial charge is 0.466 e. The van der Waals surface area contributed by atoms with E-state index in [9.17, 15) is 9.59 Å². The average molecular weight is 350 g/mol. The van der Waals surface area contributed by atoms with Gasteiger partial charge >= 0.3 is 5.97 Å². The Morgan fingerprint density at radius 3 is 2.52 bits per heavy atom. The lowest BCUT2D eigenvalue weighted by molar-refractivity contribution is -0.141. The highest BCUT2D eigenvalue weighted by atomic mass is 28.3. The Labute approximate surface area is 151 Å². The van der Waals surface area contributed by atoms with Gasteiger partial charge in [0.2, 0.25) is 5.78 Å². The topological polar surface area (TPSA) is 43.4 Å². The monoisotopic (exact) mass is 350 g/mol. The molecule has 0 unspecified atom stereocenters. The number of hydrogen-bond donors (Lipinski definition) is 0. The second-order valence-corrected chi connectivity index (χ2v) is 11.1. The Hall–Kier alpha value is -2.74. The van der Waals surface area contributed by atoms with E-state index in [-0.39, 0.29) is 11.8 Å². The second kappa shape index (κ2) is 10.2. The van der Waals surface area contributed by atoms with Crippen LogP contribution in [0.15, 0.2) is 24.3 Å². The first kappa shape index (κ1) is 20.3. The molecule has 4 heteroatoms. The van der Waals surface area contributed by atoms with Gasteiger partial charge in [0.1, 0.15) is 8.07 Å². The van der Waals surface area contributed by atoms with Crippen LogP contribution in [0.5, 0.6) is 0 Å². The zero-order valence-corrected chi connectivity index (χ0v) is 16.2. The average Bonchev–Trinajstić information content (AvgIpc) is 2.54. The number of benzene rings is 1. The Morgan fingerprint density at radius 1 is 1.12 bits per heavy atom. The minimum absolute atomic E-state index is 0.207. The molecule has 0 aromatic heterocycles. The molecule has 0 aliphatic heterocycles. The summed E-state index contributed by atoms with van der Waals surface area (Å²) in [5, 5.41) is 0. The van der Waals surface area contributed by atoms with Crippen molar-refractivity contribution in [2.24, 2.45) is 0 Å². The van der Waals surface area contributed by atoms with Gasteiger partial charge in [-0.2, -0.15) is 0 Å². The molecule has 0 spiro atoms. The molecule has 0 bridgehead atoms. The van der Waals surface area contributed by atoms with Gasteiger partial charge in [0, 0.05) is 24.5 Å². The molecule has 128 valence electrons. The maximum absolute atomic E-state index is 12.3. The van der Waals surface area contributed by atoms with E-state index in [1.54, 1.807) is 18.2 Å². The number of hydrogen-bond acceptors (Lipinski definition) is 3. The Morgan fingerprint density at radius 2 is 1.84 bits per heavy atom. The van der Waals surface area contributed by atoms with Crippen LogP contribution in [0.4, 0.5) is 0 Å². The predicted molar refractivity (Wildman–Crippen MR) is 102 cm³/mol. The van der Waals surface area contributed by atoms with Crippen LogP contribution in [0, 0.1) is 35.1 Å². The highest BCUT2D eigenvalue weighted by Gasteiger charge is 2.11. The zero-order valence-electron chi connectivity index (χ0n) is 15.2. The number of rotatable bonds is 4. The third-order valence-corrected chi connectivity index (χ3v) is 3.70. The van der Waals surface area contributed by atoms with Crippen molar-refractivity contribution in [2.75, 3.05) is 6.61 Å². The molecule has 0 heterocycles. The highest BCUT2D eigenvalue weighted by Crippen LogP contribution is 2.08. The summed E-state index contributed by atoms with van der Waals surface area (Å²) in [6.07, 6.45) is 1.28. The maximum Gasteiger partial charge on any atom is 0.302 e. The van der Waals surface area contributed by atoms with E-state index in [2.05, 4.69) is 54.8 Å². The molecule has 0 saturated heterocycles. The Balaban J connectivity index is 2.74. The molecular weight excluding hydrogens is 328 g/mol. The molecule has 0 aliphatic rings. The first-order valence-corrected chi connectivity index (χ1v) is 11.6. The highest BCUT2D eigenvalue weighted by molar-refractivity contribution is 6.84. The normalized spacial score (nSPS) is 9.44. The summed E-state index contributed by atoms with van der Waals surface area (Å²) in [6.45, 7) is 8.02. The number of carbonyl (C=O) groups excluding carboxylic acids is 2. The molecule has 1 rings (SSSR count). The standard InChI is InChI=1S/C21H22O3Si/c1-18(22)24-16-11-7-5-6-8-12-19-13-9-10-14-20(19)21(23)15-17-25(2,3)4/h9-10,13-14H,7,11,16H2,1-4H3. The number of Topliss-reactive ketones (excluding diaryl/α,β-unsaturated/α-hetero) is 1. The van der Waals surface area contributed by atoms with E-state index in [0.717, 1.165) is 0 Å². The van der Waals surface area contributed by atoms with Gasteiger partial charge < -0.3 is 4.74 Å². The number of carbonyl (C=O) groups is 2. The van der Waals surface area contributed by atoms with E-state index < -0.39 is 8.07 Å². The van der Waals surface area contributed by atoms with Crippen LogP contribution in [0.3, 0.4) is 0 Å². The van der Waals surface area contributed by atoms with Crippen molar-refractivity contribution in [1.29, 1.82) is 0 Å². The number of unbranched alkanes of at least 4 members (excludes halogenated alkanes) is 1. The van der Waals surface area contributed by atoms with Crippen molar-refractivity contribution >= 4 is 19.8 Å². The van der Waals surface area contributed by atoms with Gasteiger partial charge in [-0.15, -0.1) is 5.54 Å². The smallest absolute Gasteiger partial charge is 0.302 e. The van der Waals surface area contributed by atoms with Gasteiger partial charge in [-0.1, -0.05) is 43.6 Å². The van der Waals surface area contributed by atoms with Crippen LogP contribution in [0.25, 0.3) is 0 Å². The first-order valence-electron chi connectivity index (χ1n) is 8.08. The van der Waals surface area contributed by atoms with Crippen molar-refractivity contribution in [1.82, 2.24) is 0 Å². The quantitative estimate of drug-likeness (QED) is 0.275. The van der Waals surface area contributed by atoms with Gasteiger partial charge in [0.05, 0.1) is 6.61 Å². The number of ketones is 1. The van der Waals surface area contributed by atoms with Crippen LogP contribution >= 0.6 is 0 Å². The van der Waals surface area contributed by atoms with Crippen molar-refractivity contribution in [2.45, 2.75) is 39.4 Å². The minimum Gasteiger partial charge on any atom is -0.466 e. The van der Waals surface area contributed by atoms with Crippen LogP contribution < -0.4 is 0 Å². The van der Waals surface area contributed by atoms with Gasteiger partial charge in [0.15, 0.2) is 0 Å². The molecule has 0 radical (unpaired) electrons. The molecule has 0 atom stereocenters. The van der Waals surface area contributed by atoms with Gasteiger partial charge in [-0.05, 0) is 36.3 Å². The fraction of sp³-hybridized carbons (Fsp3) is 0.333. The summed E-state index contributed by atoms with van der Waals surface area (Å²) in [5.74, 6) is 13.6. The summed E-state index contributed by atoms with van der Waals surface area (Å²) in [5.41, 5.74) is 4.22. The SMILES string of the molecule is CC(=O)OCCCC#CC#Cc1ccccc1C(=O)C#C[Si](C)(C)C. The maximum atomic E-state index is 12.3. The predicted octanol–water partition coefficient (Wildman–Crippen LogP) is 3.45. The molecule has 0 amide bonds. The fourth-order valence-corrected chi connectivity index (χ4v) is 2.17. The van der Waals surface area contributed by atoms with Gasteiger partial charge in [-0.3, -0.25) is 9.59 Å².